The number of rotatable bonds is 3. The van der Waals surface area contributed by atoms with Crippen LogP contribution in [0, 0.1) is 38.2 Å². The number of aryl methyl sites for hydroxylation is 3. The van der Waals surface area contributed by atoms with Crippen molar-refractivity contribution in [2.24, 2.45) is 0 Å². The number of halogens is 3. The monoisotopic (exact) mass is 293 g/mol. The van der Waals surface area contributed by atoms with E-state index in [1.54, 1.807) is 7.05 Å². The van der Waals surface area contributed by atoms with E-state index in [1.807, 2.05) is 32.9 Å². The van der Waals surface area contributed by atoms with Crippen molar-refractivity contribution in [1.29, 1.82) is 0 Å². The number of nitrogens with one attached hydrogen (secondary N) is 1. The highest BCUT2D eigenvalue weighted by Gasteiger charge is 2.23. The zero-order valence-corrected chi connectivity index (χ0v) is 12.5. The van der Waals surface area contributed by atoms with Gasteiger partial charge in [0.2, 0.25) is 0 Å². The molecule has 112 valence electrons. The van der Waals surface area contributed by atoms with Gasteiger partial charge >= 0.3 is 0 Å². The van der Waals surface area contributed by atoms with Gasteiger partial charge in [0, 0.05) is 17.7 Å². The molecule has 1 nitrogen and oxygen atoms in total. The summed E-state index contributed by atoms with van der Waals surface area (Å²) in [4.78, 5) is 0. The Morgan fingerprint density at radius 3 is 1.86 bits per heavy atom. The van der Waals surface area contributed by atoms with Gasteiger partial charge in [0.1, 0.15) is 17.5 Å². The molecule has 0 heterocycles. The molecule has 1 atom stereocenters. The van der Waals surface area contributed by atoms with E-state index in [2.05, 4.69) is 5.32 Å². The Morgan fingerprint density at radius 1 is 0.810 bits per heavy atom. The summed E-state index contributed by atoms with van der Waals surface area (Å²) in [6.45, 7) is 5.83. The SMILES string of the molecule is CNC(c1cc(C)c(C)cc1C)c1c(F)cc(F)cc1F. The van der Waals surface area contributed by atoms with Gasteiger partial charge in [-0.15, -0.1) is 0 Å². The first-order valence-corrected chi connectivity index (χ1v) is 6.74. The fourth-order valence-corrected chi connectivity index (χ4v) is 2.58. The minimum Gasteiger partial charge on any atom is -0.309 e. The molecule has 2 aromatic carbocycles. The van der Waals surface area contributed by atoms with Crippen LogP contribution in [0.25, 0.3) is 0 Å². The molecule has 0 fully saturated rings. The molecule has 2 rings (SSSR count). The van der Waals surface area contributed by atoms with E-state index in [0.717, 1.165) is 22.3 Å². The Bertz CT molecular complexity index is 657. The Labute approximate surface area is 122 Å². The molecule has 0 radical (unpaired) electrons. The maximum absolute atomic E-state index is 14.0. The first-order valence-electron chi connectivity index (χ1n) is 6.74. The summed E-state index contributed by atoms with van der Waals surface area (Å²) >= 11 is 0. The van der Waals surface area contributed by atoms with E-state index in [9.17, 15) is 13.2 Å². The van der Waals surface area contributed by atoms with Gasteiger partial charge < -0.3 is 5.32 Å². The summed E-state index contributed by atoms with van der Waals surface area (Å²) in [5.41, 5.74) is 3.71. The Balaban J connectivity index is 2.63. The van der Waals surface area contributed by atoms with Crippen LogP contribution < -0.4 is 5.32 Å². The van der Waals surface area contributed by atoms with E-state index in [-0.39, 0.29) is 5.56 Å². The quantitative estimate of drug-likeness (QED) is 0.887. The molecule has 0 spiro atoms. The van der Waals surface area contributed by atoms with E-state index in [0.29, 0.717) is 12.1 Å². The van der Waals surface area contributed by atoms with Gasteiger partial charge in [-0.1, -0.05) is 12.1 Å². The lowest BCUT2D eigenvalue weighted by molar-refractivity contribution is 0.499. The average molecular weight is 293 g/mol. The van der Waals surface area contributed by atoms with Crippen molar-refractivity contribution in [3.05, 3.63) is 69.5 Å². The Hall–Kier alpha value is -1.81. The van der Waals surface area contributed by atoms with Gasteiger partial charge in [0.15, 0.2) is 0 Å². The third-order valence-corrected chi connectivity index (χ3v) is 3.81. The summed E-state index contributed by atoms with van der Waals surface area (Å²) < 4.78 is 41.1. The van der Waals surface area contributed by atoms with Crippen LogP contribution in [-0.2, 0) is 0 Å². The van der Waals surface area contributed by atoms with Gasteiger partial charge in [0.25, 0.3) is 0 Å². The molecule has 0 aliphatic carbocycles. The van der Waals surface area contributed by atoms with Crippen LogP contribution in [0.15, 0.2) is 24.3 Å². The predicted octanol–water partition coefficient (Wildman–Crippen LogP) is 4.34. The molecule has 4 heteroatoms. The topological polar surface area (TPSA) is 12.0 Å². The summed E-state index contributed by atoms with van der Waals surface area (Å²) in [7, 11) is 1.63. The zero-order chi connectivity index (χ0) is 15.7. The normalized spacial score (nSPS) is 12.5. The largest absolute Gasteiger partial charge is 0.309 e. The molecule has 0 bridgehead atoms. The molecular weight excluding hydrogens is 275 g/mol. The van der Waals surface area contributed by atoms with Gasteiger partial charge in [0.05, 0.1) is 6.04 Å². The molecule has 0 amide bonds. The van der Waals surface area contributed by atoms with Crippen molar-refractivity contribution in [3.63, 3.8) is 0 Å². The van der Waals surface area contributed by atoms with Crippen molar-refractivity contribution in [2.45, 2.75) is 26.8 Å². The highest BCUT2D eigenvalue weighted by Crippen LogP contribution is 2.30. The summed E-state index contributed by atoms with van der Waals surface area (Å²) in [5, 5.41) is 2.92. The maximum Gasteiger partial charge on any atom is 0.134 e. The predicted molar refractivity (Wildman–Crippen MR) is 77.9 cm³/mol. The lowest BCUT2D eigenvalue weighted by Crippen LogP contribution is -2.22. The van der Waals surface area contributed by atoms with Crippen LogP contribution in [0.5, 0.6) is 0 Å². The van der Waals surface area contributed by atoms with Crippen LogP contribution in [0.4, 0.5) is 13.2 Å². The first-order chi connectivity index (χ1) is 9.85. The van der Waals surface area contributed by atoms with Crippen LogP contribution >= 0.6 is 0 Å². The Kier molecular flexibility index (Phi) is 4.37. The standard InChI is InChI=1S/C17H18F3N/c1-9-5-11(3)13(6-10(9)2)17(21-4)16-14(19)7-12(18)8-15(16)20/h5-8,17,21H,1-4H3. The lowest BCUT2D eigenvalue weighted by atomic mass is 9.91. The van der Waals surface area contributed by atoms with Crippen LogP contribution in [0.2, 0.25) is 0 Å². The van der Waals surface area contributed by atoms with E-state index in [1.165, 1.54) is 0 Å². The maximum atomic E-state index is 14.0. The second kappa shape index (κ2) is 5.90. The summed E-state index contributed by atoms with van der Waals surface area (Å²) in [6.07, 6.45) is 0. The fourth-order valence-electron chi connectivity index (χ4n) is 2.58. The molecule has 1 N–H and O–H groups in total. The zero-order valence-electron chi connectivity index (χ0n) is 12.5. The molecule has 0 saturated heterocycles. The second-order valence-corrected chi connectivity index (χ2v) is 5.30. The van der Waals surface area contributed by atoms with Gasteiger partial charge in [-0.05, 0) is 50.1 Å². The van der Waals surface area contributed by atoms with Crippen molar-refractivity contribution in [1.82, 2.24) is 5.32 Å². The van der Waals surface area contributed by atoms with Crippen LogP contribution in [0.3, 0.4) is 0 Å². The first kappa shape index (κ1) is 15.6. The lowest BCUT2D eigenvalue weighted by Gasteiger charge is -2.22. The molecule has 21 heavy (non-hydrogen) atoms. The summed E-state index contributed by atoms with van der Waals surface area (Å²) in [6, 6.07) is 4.64. The third-order valence-electron chi connectivity index (χ3n) is 3.81. The van der Waals surface area contributed by atoms with Crippen molar-refractivity contribution in [3.8, 4) is 0 Å². The van der Waals surface area contributed by atoms with E-state index >= 15 is 0 Å². The highest BCUT2D eigenvalue weighted by molar-refractivity contribution is 5.43. The summed E-state index contributed by atoms with van der Waals surface area (Å²) in [5.74, 6) is -2.69. The van der Waals surface area contributed by atoms with Crippen molar-refractivity contribution >= 4 is 0 Å². The third kappa shape index (κ3) is 2.95. The molecule has 0 aliphatic heterocycles. The molecular formula is C17H18F3N. The van der Waals surface area contributed by atoms with Gasteiger partial charge in [-0.3, -0.25) is 0 Å². The van der Waals surface area contributed by atoms with Crippen LogP contribution in [-0.4, -0.2) is 7.05 Å². The van der Waals surface area contributed by atoms with E-state index < -0.39 is 23.5 Å². The number of hydrogen-bond donors (Lipinski definition) is 1. The molecule has 0 saturated carbocycles. The molecule has 0 aliphatic rings. The molecule has 0 aromatic heterocycles. The molecule has 1 unspecified atom stereocenters. The highest BCUT2D eigenvalue weighted by atomic mass is 19.1. The smallest absolute Gasteiger partial charge is 0.134 e. The van der Waals surface area contributed by atoms with Crippen molar-refractivity contribution in [2.75, 3.05) is 7.05 Å². The van der Waals surface area contributed by atoms with E-state index in [4.69, 9.17) is 0 Å². The minimum absolute atomic E-state index is 0.162. The van der Waals surface area contributed by atoms with Crippen LogP contribution in [0.1, 0.15) is 33.9 Å². The fraction of sp³-hybridized carbons (Fsp3) is 0.294. The number of benzene rings is 2. The van der Waals surface area contributed by atoms with Gasteiger partial charge in [-0.2, -0.15) is 0 Å². The number of hydrogen-bond acceptors (Lipinski definition) is 1. The van der Waals surface area contributed by atoms with Crippen molar-refractivity contribution < 1.29 is 13.2 Å². The molecule has 2 aromatic rings. The Morgan fingerprint density at radius 2 is 1.33 bits per heavy atom. The average Bonchev–Trinajstić information content (AvgIpc) is 2.38. The van der Waals surface area contributed by atoms with Gasteiger partial charge in [-0.25, -0.2) is 13.2 Å². The second-order valence-electron chi connectivity index (χ2n) is 5.30. The minimum atomic E-state index is -0.916.